The number of pyridine rings is 3. The van der Waals surface area contributed by atoms with Gasteiger partial charge in [0.25, 0.3) is 0 Å². The molecule has 3 aromatic heterocycles. The van der Waals surface area contributed by atoms with Crippen molar-refractivity contribution < 1.29 is 9.53 Å². The summed E-state index contributed by atoms with van der Waals surface area (Å²) in [4.78, 5) is 26.2. The second-order valence-electron chi connectivity index (χ2n) is 10.1. The van der Waals surface area contributed by atoms with Crippen molar-refractivity contribution in [2.75, 3.05) is 13.2 Å². The lowest BCUT2D eigenvalue weighted by Crippen LogP contribution is -2.17. The average molecular weight is 507 g/mol. The van der Waals surface area contributed by atoms with Gasteiger partial charge < -0.3 is 10.1 Å². The molecule has 1 saturated heterocycles. The Hall–Kier alpha value is -4.27. The number of hydrogen-bond donors (Lipinski definition) is 1. The molecule has 0 bridgehead atoms. The number of ether oxygens (including phenoxy) is 1. The molecule has 0 spiro atoms. The van der Waals surface area contributed by atoms with Crippen molar-refractivity contribution in [1.82, 2.24) is 15.0 Å². The van der Waals surface area contributed by atoms with E-state index in [9.17, 15) is 15.3 Å². The highest BCUT2D eigenvalue weighted by atomic mass is 16.5. The summed E-state index contributed by atoms with van der Waals surface area (Å²) >= 11 is 0. The molecule has 0 aromatic carbocycles. The summed E-state index contributed by atoms with van der Waals surface area (Å²) in [6.45, 7) is 6.75. The van der Waals surface area contributed by atoms with Crippen molar-refractivity contribution in [3.63, 3.8) is 0 Å². The highest BCUT2D eigenvalue weighted by molar-refractivity contribution is 6.03. The van der Waals surface area contributed by atoms with E-state index in [2.05, 4.69) is 27.1 Å². The minimum Gasteiger partial charge on any atom is -0.381 e. The minimum atomic E-state index is -0.795. The van der Waals surface area contributed by atoms with Gasteiger partial charge in [-0.2, -0.15) is 10.5 Å². The van der Waals surface area contributed by atoms with Crippen LogP contribution < -0.4 is 0 Å². The monoisotopic (exact) mass is 506 g/mol. The Morgan fingerprint density at radius 3 is 2.55 bits per heavy atom. The normalized spacial score (nSPS) is 13.9. The molecular formula is C30H30N6O2. The van der Waals surface area contributed by atoms with Crippen molar-refractivity contribution >= 4 is 11.5 Å². The molecule has 0 saturated carbocycles. The molecule has 4 rings (SSSR count). The van der Waals surface area contributed by atoms with Crippen LogP contribution in [0.2, 0.25) is 0 Å². The molecule has 0 unspecified atom stereocenters. The smallest absolute Gasteiger partial charge is 0.163 e. The molecule has 0 radical (unpaired) electrons. The average Bonchev–Trinajstić information content (AvgIpc) is 2.96. The van der Waals surface area contributed by atoms with E-state index in [4.69, 9.17) is 10.1 Å². The molecule has 1 aliphatic heterocycles. The van der Waals surface area contributed by atoms with Gasteiger partial charge in [-0.1, -0.05) is 0 Å². The predicted molar refractivity (Wildman–Crippen MR) is 143 cm³/mol. The SMILES string of the molecule is Cc1ncc(C(=N)CCC(=O)c2ccnc(C(C)(C)C#N)c2)cc1-c1cnc(C2CCOCC2)c(C#N)c1. The van der Waals surface area contributed by atoms with Gasteiger partial charge in [-0.3, -0.25) is 19.7 Å². The summed E-state index contributed by atoms with van der Waals surface area (Å²) in [7, 11) is 0. The number of carbonyl (C=O) groups is 1. The number of nitrogens with zero attached hydrogens (tertiary/aromatic N) is 5. The van der Waals surface area contributed by atoms with Crippen LogP contribution in [0, 0.1) is 35.0 Å². The Labute approximate surface area is 222 Å². The number of Topliss-reactive ketones (excluding diaryl/α,β-unsaturated/α-hetero) is 1. The Balaban J connectivity index is 1.51. The first-order chi connectivity index (χ1) is 18.2. The van der Waals surface area contributed by atoms with Gasteiger partial charge in [0.2, 0.25) is 0 Å². The van der Waals surface area contributed by atoms with Crippen LogP contribution >= 0.6 is 0 Å². The summed E-state index contributed by atoms with van der Waals surface area (Å²) in [5.74, 6) is 0.102. The molecule has 8 heteroatoms. The Bertz CT molecular complexity index is 1460. The molecule has 8 nitrogen and oxygen atoms in total. The van der Waals surface area contributed by atoms with Crippen LogP contribution in [0.1, 0.15) is 84.0 Å². The first-order valence-corrected chi connectivity index (χ1v) is 12.7. The zero-order chi connectivity index (χ0) is 27.3. The van der Waals surface area contributed by atoms with Crippen LogP contribution in [0.25, 0.3) is 11.1 Å². The summed E-state index contributed by atoms with van der Waals surface area (Å²) in [5, 5.41) is 27.8. The van der Waals surface area contributed by atoms with E-state index < -0.39 is 5.41 Å². The molecule has 192 valence electrons. The largest absolute Gasteiger partial charge is 0.381 e. The van der Waals surface area contributed by atoms with Gasteiger partial charge in [-0.25, -0.2) is 0 Å². The van der Waals surface area contributed by atoms with Gasteiger partial charge in [0.1, 0.15) is 6.07 Å². The third kappa shape index (κ3) is 5.82. The van der Waals surface area contributed by atoms with E-state index in [0.717, 1.165) is 35.4 Å². The van der Waals surface area contributed by atoms with E-state index in [0.29, 0.717) is 41.3 Å². The number of nitrogens with one attached hydrogen (secondary N) is 1. The number of hydrogen-bond acceptors (Lipinski definition) is 8. The molecule has 4 heterocycles. The van der Waals surface area contributed by atoms with Crippen LogP contribution in [0.15, 0.2) is 42.9 Å². The molecule has 1 fully saturated rings. The van der Waals surface area contributed by atoms with Crippen LogP contribution in [0.4, 0.5) is 0 Å². The maximum absolute atomic E-state index is 12.9. The predicted octanol–water partition coefficient (Wildman–Crippen LogP) is 5.44. The maximum Gasteiger partial charge on any atom is 0.163 e. The fourth-order valence-electron chi connectivity index (χ4n) is 4.53. The van der Waals surface area contributed by atoms with E-state index >= 15 is 0 Å². The molecule has 0 amide bonds. The molecule has 0 aliphatic carbocycles. The fraction of sp³-hybridized carbons (Fsp3) is 0.367. The molecule has 0 atom stereocenters. The third-order valence-corrected chi connectivity index (χ3v) is 7.00. The molecular weight excluding hydrogens is 476 g/mol. The minimum absolute atomic E-state index is 0.112. The summed E-state index contributed by atoms with van der Waals surface area (Å²) in [6, 6.07) is 11.5. The highest BCUT2D eigenvalue weighted by Crippen LogP contribution is 2.31. The van der Waals surface area contributed by atoms with Crippen molar-refractivity contribution in [3.8, 4) is 23.3 Å². The molecule has 38 heavy (non-hydrogen) atoms. The maximum atomic E-state index is 12.9. The number of rotatable bonds is 8. The summed E-state index contributed by atoms with van der Waals surface area (Å²) < 4.78 is 5.45. The molecule has 1 N–H and O–H groups in total. The van der Waals surface area contributed by atoms with Crippen molar-refractivity contribution in [2.45, 2.75) is 57.8 Å². The van der Waals surface area contributed by atoms with E-state index in [1.165, 1.54) is 0 Å². The summed E-state index contributed by atoms with van der Waals surface area (Å²) in [5.41, 5.74) is 4.85. The lowest BCUT2D eigenvalue weighted by Gasteiger charge is -2.22. The zero-order valence-corrected chi connectivity index (χ0v) is 21.9. The Kier molecular flexibility index (Phi) is 8.05. The van der Waals surface area contributed by atoms with Gasteiger partial charge in [-0.15, -0.1) is 0 Å². The zero-order valence-electron chi connectivity index (χ0n) is 21.9. The van der Waals surface area contributed by atoms with Gasteiger partial charge in [0.15, 0.2) is 5.78 Å². The van der Waals surface area contributed by atoms with Crippen LogP contribution in [0.5, 0.6) is 0 Å². The number of aryl methyl sites for hydroxylation is 1. The standard InChI is InChI=1S/C30H30N6O2/c1-19-25(23-12-22(15-31)29(36-16-23)20-7-10-38-11-8-20)13-24(17-35-19)26(33)4-5-27(37)21-6-9-34-28(14-21)30(2,3)18-32/h6,9,12-14,16-17,20,33H,4-5,7-8,10-11H2,1-3H3. The first-order valence-electron chi connectivity index (χ1n) is 12.7. The quantitative estimate of drug-likeness (QED) is 0.317. The van der Waals surface area contributed by atoms with Crippen LogP contribution in [0.3, 0.4) is 0 Å². The summed E-state index contributed by atoms with van der Waals surface area (Å²) in [6.07, 6.45) is 7.05. The van der Waals surface area contributed by atoms with Gasteiger partial charge in [0.05, 0.1) is 28.4 Å². The van der Waals surface area contributed by atoms with Crippen LogP contribution in [-0.4, -0.2) is 39.7 Å². The number of carbonyl (C=O) groups excluding carboxylic acids is 1. The first kappa shape index (κ1) is 26.8. The number of nitriles is 2. The molecule has 3 aromatic rings. The molecule has 1 aliphatic rings. The Morgan fingerprint density at radius 2 is 1.84 bits per heavy atom. The van der Waals surface area contributed by atoms with E-state index in [1.54, 1.807) is 44.6 Å². The topological polar surface area (TPSA) is 136 Å². The van der Waals surface area contributed by atoms with Crippen molar-refractivity contribution in [3.05, 3.63) is 76.6 Å². The lowest BCUT2D eigenvalue weighted by atomic mass is 9.89. The van der Waals surface area contributed by atoms with Gasteiger partial charge in [0, 0.05) is 77.8 Å². The van der Waals surface area contributed by atoms with Gasteiger partial charge in [-0.05, 0) is 64.3 Å². The second-order valence-corrected chi connectivity index (χ2v) is 10.1. The Morgan fingerprint density at radius 1 is 1.08 bits per heavy atom. The van der Waals surface area contributed by atoms with Crippen LogP contribution in [-0.2, 0) is 10.2 Å². The third-order valence-electron chi connectivity index (χ3n) is 7.00. The number of aromatic nitrogens is 3. The fourth-order valence-corrected chi connectivity index (χ4v) is 4.53. The van der Waals surface area contributed by atoms with E-state index in [1.807, 2.05) is 19.1 Å². The highest BCUT2D eigenvalue weighted by Gasteiger charge is 2.23. The van der Waals surface area contributed by atoms with Gasteiger partial charge >= 0.3 is 0 Å². The van der Waals surface area contributed by atoms with Crippen molar-refractivity contribution in [2.24, 2.45) is 0 Å². The number of ketones is 1. The van der Waals surface area contributed by atoms with E-state index in [-0.39, 0.29) is 24.5 Å². The lowest BCUT2D eigenvalue weighted by molar-refractivity contribution is 0.0844. The second kappa shape index (κ2) is 11.4. The van der Waals surface area contributed by atoms with Crippen molar-refractivity contribution in [1.29, 1.82) is 15.9 Å².